The topological polar surface area (TPSA) is 116 Å². The maximum absolute atomic E-state index is 16.8. The van der Waals surface area contributed by atoms with Crippen LogP contribution in [-0.4, -0.2) is 64.3 Å². The first-order valence-electron chi connectivity index (χ1n) is 14.5. The van der Waals surface area contributed by atoms with Crippen molar-refractivity contribution < 1.29 is 23.0 Å². The molecule has 13 heteroatoms. The van der Waals surface area contributed by atoms with Gasteiger partial charge in [0.25, 0.3) is 0 Å². The predicted molar refractivity (Wildman–Crippen MR) is 162 cm³/mol. The minimum atomic E-state index is -0.793. The summed E-state index contributed by atoms with van der Waals surface area (Å²) in [6, 6.07) is 2.88. The number of hydrogen-bond donors (Lipinski definition) is 1. The molecule has 5 heterocycles. The van der Waals surface area contributed by atoms with E-state index in [1.807, 2.05) is 0 Å². The van der Waals surface area contributed by atoms with Crippen LogP contribution in [-0.2, 0) is 22.7 Å². The maximum Gasteiger partial charge on any atom is 0.412 e. The molecule has 1 aromatic carbocycles. The van der Waals surface area contributed by atoms with Crippen LogP contribution in [0.5, 0.6) is 0 Å². The van der Waals surface area contributed by atoms with Gasteiger partial charge in [-0.15, -0.1) is 11.3 Å². The fourth-order valence-electron chi connectivity index (χ4n) is 6.84. The van der Waals surface area contributed by atoms with E-state index in [1.54, 1.807) is 27.0 Å². The van der Waals surface area contributed by atoms with E-state index in [9.17, 15) is 10.1 Å². The third-order valence-corrected chi connectivity index (χ3v) is 9.93. The maximum atomic E-state index is 16.8. The highest BCUT2D eigenvalue weighted by Crippen LogP contribution is 2.47. The Hall–Kier alpha value is -3.99. The number of rotatable bonds is 4. The summed E-state index contributed by atoms with van der Waals surface area (Å²) in [7, 11) is 4.19. The van der Waals surface area contributed by atoms with Crippen LogP contribution < -0.4 is 10.2 Å². The lowest BCUT2D eigenvalue weighted by molar-refractivity contribution is 0.0636. The number of amides is 1. The molecule has 0 spiro atoms. The Kier molecular flexibility index (Phi) is 6.73. The fraction of sp³-hybridized carbons (Fsp3) is 0.452. The van der Waals surface area contributed by atoms with Gasteiger partial charge in [0, 0.05) is 41.2 Å². The van der Waals surface area contributed by atoms with E-state index >= 15 is 8.78 Å². The zero-order valence-electron chi connectivity index (χ0n) is 25.0. The second-order valence-corrected chi connectivity index (χ2v) is 13.8. The Morgan fingerprint density at radius 2 is 2.00 bits per heavy atom. The van der Waals surface area contributed by atoms with Crippen molar-refractivity contribution in [1.29, 1.82) is 5.26 Å². The van der Waals surface area contributed by atoms with Gasteiger partial charge in [0.15, 0.2) is 11.6 Å². The lowest BCUT2D eigenvalue weighted by atomic mass is 9.74. The molecule has 3 atom stereocenters. The van der Waals surface area contributed by atoms with Crippen molar-refractivity contribution in [3.8, 4) is 17.3 Å². The lowest BCUT2D eigenvalue weighted by Gasteiger charge is -2.46. The molecule has 10 nitrogen and oxygen atoms in total. The van der Waals surface area contributed by atoms with E-state index in [2.05, 4.69) is 45.2 Å². The standard InChI is InChI=1S/C31H31F2N7O3S/c1-31(2,3)43-30(41)38-28-15(9-34)23-26(35-11-19(32)27(23)44-28)22-18-13-42-12-17(18)16-10-36-29(37-25(16)24(22)33)40-7-6-14-20(39(4)5)8-21(14)40/h10-11,14,20-21H,6-8,12-13H2,1-5H3,(H,38,41). The Balaban J connectivity index is 1.37. The smallest absolute Gasteiger partial charge is 0.412 e. The number of nitrogens with zero attached hydrogens (tertiary/aromatic N) is 6. The first-order valence-corrected chi connectivity index (χ1v) is 15.3. The number of anilines is 2. The molecule has 3 aliphatic rings. The summed E-state index contributed by atoms with van der Waals surface area (Å²) in [6.45, 7) is 6.25. The van der Waals surface area contributed by atoms with Crippen molar-refractivity contribution in [2.24, 2.45) is 5.92 Å². The van der Waals surface area contributed by atoms with Gasteiger partial charge in [-0.05, 0) is 64.8 Å². The fourth-order valence-corrected chi connectivity index (χ4v) is 7.88. The highest BCUT2D eigenvalue weighted by atomic mass is 32.1. The number of halogens is 2. The lowest BCUT2D eigenvalue weighted by Crippen LogP contribution is -2.55. The normalized spacial score (nSPS) is 21.0. The van der Waals surface area contributed by atoms with Crippen LogP contribution in [0.15, 0.2) is 12.4 Å². The highest BCUT2D eigenvalue weighted by Gasteiger charge is 2.50. The van der Waals surface area contributed by atoms with Gasteiger partial charge in [-0.25, -0.2) is 23.5 Å². The second kappa shape index (κ2) is 10.3. The SMILES string of the molecule is CN(C)C1CC2C1CCN2c1ncc2c3c(c(-c4ncc(F)c5sc(NC(=O)OC(C)(C)C)c(C#N)c45)c(F)c2n1)COC3. The predicted octanol–water partition coefficient (Wildman–Crippen LogP) is 5.96. The quantitative estimate of drug-likeness (QED) is 0.295. The summed E-state index contributed by atoms with van der Waals surface area (Å²) in [5.41, 5.74) is 0.786. The van der Waals surface area contributed by atoms with Gasteiger partial charge in [-0.1, -0.05) is 0 Å². The third-order valence-electron chi connectivity index (χ3n) is 8.81. The number of hydrogen-bond acceptors (Lipinski definition) is 10. The summed E-state index contributed by atoms with van der Waals surface area (Å²) in [4.78, 5) is 30.7. The van der Waals surface area contributed by atoms with Gasteiger partial charge in [-0.2, -0.15) is 5.26 Å². The third kappa shape index (κ3) is 4.46. The number of ether oxygens (including phenoxy) is 2. The van der Waals surface area contributed by atoms with E-state index in [1.165, 1.54) is 0 Å². The molecular weight excluding hydrogens is 588 g/mol. The molecule has 0 radical (unpaired) electrons. The van der Waals surface area contributed by atoms with Crippen molar-refractivity contribution in [2.75, 3.05) is 30.9 Å². The Labute approximate surface area is 256 Å². The summed E-state index contributed by atoms with van der Waals surface area (Å²) in [5, 5.41) is 13.5. The molecule has 2 aliphatic heterocycles. The monoisotopic (exact) mass is 619 g/mol. The van der Waals surface area contributed by atoms with Crippen molar-refractivity contribution in [1.82, 2.24) is 19.9 Å². The molecule has 1 amide bonds. The van der Waals surface area contributed by atoms with E-state index < -0.39 is 23.3 Å². The molecule has 0 bridgehead atoms. The summed E-state index contributed by atoms with van der Waals surface area (Å²) >= 11 is 0.870. The van der Waals surface area contributed by atoms with E-state index in [0.717, 1.165) is 42.5 Å². The molecule has 228 valence electrons. The highest BCUT2D eigenvalue weighted by molar-refractivity contribution is 7.23. The molecule has 2 fully saturated rings. The number of nitrogens with one attached hydrogen (secondary N) is 1. The summed E-state index contributed by atoms with van der Waals surface area (Å²) < 4.78 is 43.2. The van der Waals surface area contributed by atoms with Crippen LogP contribution in [0.1, 0.15) is 50.3 Å². The number of carbonyl (C=O) groups is 1. The average molecular weight is 620 g/mol. The number of aromatic nitrogens is 3. The van der Waals surface area contributed by atoms with E-state index in [0.29, 0.717) is 34.9 Å². The molecule has 3 aromatic heterocycles. The molecule has 1 N–H and O–H groups in total. The average Bonchev–Trinajstić information content (AvgIpc) is 3.64. The molecule has 1 saturated carbocycles. The molecule has 1 saturated heterocycles. The zero-order valence-corrected chi connectivity index (χ0v) is 25.8. The second-order valence-electron chi connectivity index (χ2n) is 12.8. The van der Waals surface area contributed by atoms with Gasteiger partial charge in [0.1, 0.15) is 22.2 Å². The molecule has 4 aromatic rings. The molecule has 44 heavy (non-hydrogen) atoms. The van der Waals surface area contributed by atoms with Gasteiger partial charge in [0.05, 0.1) is 35.4 Å². The van der Waals surface area contributed by atoms with Gasteiger partial charge in [0.2, 0.25) is 5.95 Å². The van der Waals surface area contributed by atoms with Gasteiger partial charge >= 0.3 is 6.09 Å². The van der Waals surface area contributed by atoms with Gasteiger partial charge < -0.3 is 19.3 Å². The van der Waals surface area contributed by atoms with Crippen molar-refractivity contribution >= 4 is 49.4 Å². The number of thiophene rings is 1. The Morgan fingerprint density at radius 3 is 2.73 bits per heavy atom. The van der Waals surface area contributed by atoms with Crippen LogP contribution >= 0.6 is 11.3 Å². The van der Waals surface area contributed by atoms with E-state index in [-0.39, 0.29) is 50.6 Å². The number of nitriles is 1. The van der Waals surface area contributed by atoms with Crippen LogP contribution in [0.4, 0.5) is 24.5 Å². The van der Waals surface area contributed by atoms with Crippen LogP contribution in [0, 0.1) is 28.9 Å². The summed E-state index contributed by atoms with van der Waals surface area (Å²) in [5.74, 6) is -0.344. The van der Waals surface area contributed by atoms with Crippen molar-refractivity contribution in [3.63, 3.8) is 0 Å². The summed E-state index contributed by atoms with van der Waals surface area (Å²) in [6.07, 6.45) is 3.89. The molecule has 3 unspecified atom stereocenters. The number of carbonyl (C=O) groups excluding carboxylic acids is 1. The van der Waals surface area contributed by atoms with Crippen LogP contribution in [0.25, 0.3) is 32.2 Å². The number of fused-ring (bicyclic) bond motifs is 5. The van der Waals surface area contributed by atoms with E-state index in [4.69, 9.17) is 14.5 Å². The largest absolute Gasteiger partial charge is 0.444 e. The minimum absolute atomic E-state index is 0.0306. The minimum Gasteiger partial charge on any atom is -0.444 e. The Bertz CT molecular complexity index is 1900. The molecular formula is C31H31F2N7O3S. The molecule has 1 aliphatic carbocycles. The number of pyridine rings is 1. The first-order chi connectivity index (χ1) is 21.0. The van der Waals surface area contributed by atoms with Crippen LogP contribution in [0.3, 0.4) is 0 Å². The first kappa shape index (κ1) is 28.8. The van der Waals surface area contributed by atoms with Gasteiger partial charge in [-0.3, -0.25) is 10.3 Å². The van der Waals surface area contributed by atoms with Crippen molar-refractivity contribution in [2.45, 2.75) is 64.5 Å². The number of benzene rings is 1. The van der Waals surface area contributed by atoms with Crippen LogP contribution in [0.2, 0.25) is 0 Å². The van der Waals surface area contributed by atoms with Crippen molar-refractivity contribution in [3.05, 3.63) is 40.7 Å². The zero-order chi connectivity index (χ0) is 31.1. The Morgan fingerprint density at radius 1 is 1.23 bits per heavy atom. The molecule has 7 rings (SSSR count).